The molecule has 7 heteroatoms. The van der Waals surface area contributed by atoms with Crippen LogP contribution in [0.2, 0.25) is 0 Å². The summed E-state index contributed by atoms with van der Waals surface area (Å²) in [5.41, 5.74) is 1.79. The van der Waals surface area contributed by atoms with Crippen LogP contribution in [-0.2, 0) is 11.4 Å². The summed E-state index contributed by atoms with van der Waals surface area (Å²) in [6, 6.07) is 12.3. The molecule has 41 heavy (non-hydrogen) atoms. The van der Waals surface area contributed by atoms with Crippen LogP contribution in [0, 0.1) is 28.3 Å². The topological polar surface area (TPSA) is 55.8 Å². The summed E-state index contributed by atoms with van der Waals surface area (Å²) in [6.45, 7) is 6.09. The third-order valence-electron chi connectivity index (χ3n) is 9.33. The van der Waals surface area contributed by atoms with Crippen LogP contribution in [0.5, 0.6) is 11.5 Å². The average Bonchev–Trinajstić information content (AvgIpc) is 3.58. The van der Waals surface area contributed by atoms with E-state index in [1.807, 2.05) is 6.92 Å². The van der Waals surface area contributed by atoms with Gasteiger partial charge in [-0.3, -0.25) is 4.79 Å². The molecule has 5 rings (SSSR count). The van der Waals surface area contributed by atoms with Crippen LogP contribution in [0.4, 0.5) is 13.2 Å². The van der Waals surface area contributed by atoms with Crippen LogP contribution in [-0.4, -0.2) is 18.2 Å². The van der Waals surface area contributed by atoms with Crippen LogP contribution in [0.15, 0.2) is 48.5 Å². The van der Waals surface area contributed by atoms with Gasteiger partial charge in [-0.25, -0.2) is 13.2 Å². The average molecular weight is 567 g/mol. The predicted molar refractivity (Wildman–Crippen MR) is 152 cm³/mol. The van der Waals surface area contributed by atoms with Gasteiger partial charge in [-0.1, -0.05) is 39.3 Å². The maximum atomic E-state index is 15.7. The van der Waals surface area contributed by atoms with Gasteiger partial charge in [0.05, 0.1) is 13.5 Å². The van der Waals surface area contributed by atoms with E-state index in [0.29, 0.717) is 16.9 Å². The minimum atomic E-state index is -0.981. The third kappa shape index (κ3) is 5.81. The Morgan fingerprint density at radius 2 is 1.76 bits per heavy atom. The Kier molecular flexibility index (Phi) is 7.84. The van der Waals surface area contributed by atoms with E-state index in [1.165, 1.54) is 31.4 Å². The lowest BCUT2D eigenvalue weighted by atomic mass is 9.75. The first-order chi connectivity index (χ1) is 19.4. The van der Waals surface area contributed by atoms with E-state index in [4.69, 9.17) is 9.47 Å². The molecule has 218 valence electrons. The smallest absolute Gasteiger partial charge is 0.303 e. The molecule has 0 bridgehead atoms. The Labute approximate surface area is 239 Å². The summed E-state index contributed by atoms with van der Waals surface area (Å²) in [7, 11) is 1.50. The largest absolute Gasteiger partial charge is 0.497 e. The minimum absolute atomic E-state index is 0.0489. The first-order valence-electron chi connectivity index (χ1n) is 14.2. The molecule has 4 nitrogen and oxygen atoms in total. The molecule has 2 fully saturated rings. The molecule has 1 N–H and O–H groups in total. The molecular weight excluding hydrogens is 529 g/mol. The lowest BCUT2D eigenvalue weighted by Crippen LogP contribution is -2.18. The zero-order valence-electron chi connectivity index (χ0n) is 24.0. The van der Waals surface area contributed by atoms with Crippen molar-refractivity contribution in [1.29, 1.82) is 0 Å². The predicted octanol–water partition coefficient (Wildman–Crippen LogP) is 9.01. The van der Waals surface area contributed by atoms with Crippen molar-refractivity contribution in [2.75, 3.05) is 7.11 Å². The van der Waals surface area contributed by atoms with Gasteiger partial charge in [0, 0.05) is 17.0 Å². The Balaban J connectivity index is 1.50. The molecule has 0 aromatic heterocycles. The highest BCUT2D eigenvalue weighted by molar-refractivity contribution is 5.71. The van der Waals surface area contributed by atoms with Crippen molar-refractivity contribution in [3.05, 3.63) is 82.7 Å². The summed E-state index contributed by atoms with van der Waals surface area (Å²) in [6.07, 6.45) is 4.39. The molecule has 0 radical (unpaired) electrons. The second-order valence-electron chi connectivity index (χ2n) is 12.6. The zero-order valence-corrected chi connectivity index (χ0v) is 24.0. The number of ether oxygens (including phenoxy) is 2. The van der Waals surface area contributed by atoms with Crippen molar-refractivity contribution in [3.63, 3.8) is 0 Å². The molecule has 2 aliphatic carbocycles. The molecule has 3 aromatic carbocycles. The van der Waals surface area contributed by atoms with E-state index in [2.05, 4.69) is 13.8 Å². The van der Waals surface area contributed by atoms with E-state index in [9.17, 15) is 9.90 Å². The quantitative estimate of drug-likeness (QED) is 0.266. The zero-order chi connectivity index (χ0) is 29.5. The summed E-state index contributed by atoms with van der Waals surface area (Å²) in [5.74, 6) is -2.62. The maximum absolute atomic E-state index is 15.7. The number of hydrogen-bond acceptors (Lipinski definition) is 3. The van der Waals surface area contributed by atoms with Crippen LogP contribution < -0.4 is 9.47 Å². The molecular formula is C34H37F3O4. The number of aliphatic carboxylic acids is 1. The molecule has 2 saturated carbocycles. The lowest BCUT2D eigenvalue weighted by molar-refractivity contribution is -0.137. The number of halogens is 3. The van der Waals surface area contributed by atoms with Crippen LogP contribution >= 0.6 is 0 Å². The summed E-state index contributed by atoms with van der Waals surface area (Å²) < 4.78 is 57.6. The van der Waals surface area contributed by atoms with Crippen LogP contribution in [0.1, 0.15) is 87.8 Å². The van der Waals surface area contributed by atoms with Crippen molar-refractivity contribution in [1.82, 2.24) is 0 Å². The van der Waals surface area contributed by atoms with Gasteiger partial charge >= 0.3 is 5.97 Å². The fourth-order valence-corrected chi connectivity index (χ4v) is 6.53. The normalized spacial score (nSPS) is 19.5. The molecule has 2 aliphatic rings. The van der Waals surface area contributed by atoms with Crippen molar-refractivity contribution in [2.45, 2.75) is 77.7 Å². The second-order valence-corrected chi connectivity index (χ2v) is 12.6. The highest BCUT2D eigenvalue weighted by atomic mass is 19.1. The number of rotatable bonds is 10. The molecule has 0 aliphatic heterocycles. The molecule has 0 amide bonds. The SMILES string of the molecule is COc1ccc(F)c(-c2cc(F)c(COc3cccc([C@H](CC(=O)O)C4(C)CC4)c3F)cc2[C@H]2CCCC2(C)C)c1. The van der Waals surface area contributed by atoms with Gasteiger partial charge in [0.25, 0.3) is 0 Å². The number of benzene rings is 3. The van der Waals surface area contributed by atoms with Gasteiger partial charge in [0.2, 0.25) is 0 Å². The highest BCUT2D eigenvalue weighted by Gasteiger charge is 2.47. The number of hydrogen-bond donors (Lipinski definition) is 1. The van der Waals surface area contributed by atoms with Crippen molar-refractivity contribution in [3.8, 4) is 22.6 Å². The number of carboxylic acid groups (broad SMARTS) is 1. The van der Waals surface area contributed by atoms with Gasteiger partial charge in [0.15, 0.2) is 11.6 Å². The van der Waals surface area contributed by atoms with Gasteiger partial charge in [-0.15, -0.1) is 0 Å². The number of methoxy groups -OCH3 is 1. The minimum Gasteiger partial charge on any atom is -0.497 e. The summed E-state index contributed by atoms with van der Waals surface area (Å²) in [4.78, 5) is 11.5. The fraction of sp³-hybridized carbons (Fsp3) is 0.441. The highest BCUT2D eigenvalue weighted by Crippen LogP contribution is 2.58. The Morgan fingerprint density at radius 1 is 1.00 bits per heavy atom. The molecule has 0 spiro atoms. The second kappa shape index (κ2) is 11.1. The molecule has 0 heterocycles. The molecule has 3 aromatic rings. The van der Waals surface area contributed by atoms with E-state index in [1.54, 1.807) is 24.3 Å². The van der Waals surface area contributed by atoms with Gasteiger partial charge < -0.3 is 14.6 Å². The van der Waals surface area contributed by atoms with Gasteiger partial charge in [-0.2, -0.15) is 0 Å². The van der Waals surface area contributed by atoms with Crippen LogP contribution in [0.3, 0.4) is 0 Å². The van der Waals surface area contributed by atoms with Gasteiger partial charge in [0.1, 0.15) is 24.0 Å². The van der Waals surface area contributed by atoms with E-state index >= 15 is 13.2 Å². The third-order valence-corrected chi connectivity index (χ3v) is 9.33. The van der Waals surface area contributed by atoms with Gasteiger partial charge in [-0.05, 0) is 95.5 Å². The Hall–Kier alpha value is -3.48. The van der Waals surface area contributed by atoms with Crippen molar-refractivity contribution in [2.24, 2.45) is 10.8 Å². The first-order valence-corrected chi connectivity index (χ1v) is 14.2. The first kappa shape index (κ1) is 29.0. The molecule has 0 unspecified atom stereocenters. The fourth-order valence-electron chi connectivity index (χ4n) is 6.53. The standard InChI is InChI=1S/C34H37F3O4/c1-33(2)12-6-8-26(33)24-15-20(29(36)17-23(24)25-16-21(40-4)10-11-28(25)35)19-41-30-9-5-7-22(32(30)37)27(18-31(38)39)34(3)13-14-34/h5,7,9-11,15-17,26-27H,6,8,12-14,18-19H2,1-4H3,(H,38,39)/t26-,27+/m1/s1. The van der Waals surface area contributed by atoms with E-state index in [0.717, 1.165) is 37.7 Å². The monoisotopic (exact) mass is 566 g/mol. The Bertz CT molecular complexity index is 1460. The Morgan fingerprint density at radius 3 is 2.39 bits per heavy atom. The summed E-state index contributed by atoms with van der Waals surface area (Å²) in [5, 5.41) is 9.46. The van der Waals surface area contributed by atoms with Crippen molar-refractivity contribution >= 4 is 5.97 Å². The molecule has 0 saturated heterocycles. The lowest BCUT2D eigenvalue weighted by Gasteiger charge is -2.30. The number of carbonyl (C=O) groups is 1. The maximum Gasteiger partial charge on any atom is 0.303 e. The summed E-state index contributed by atoms with van der Waals surface area (Å²) >= 11 is 0. The molecule has 2 atom stereocenters. The van der Waals surface area contributed by atoms with Crippen molar-refractivity contribution < 1.29 is 32.5 Å². The number of carboxylic acids is 1. The van der Waals surface area contributed by atoms with Crippen LogP contribution in [0.25, 0.3) is 11.1 Å². The van der Waals surface area contributed by atoms with E-state index < -0.39 is 29.3 Å². The van der Waals surface area contributed by atoms with E-state index in [-0.39, 0.29) is 46.7 Å².